The predicted octanol–water partition coefficient (Wildman–Crippen LogP) is 2.55. The number of rotatable bonds is 4. The van der Waals surface area contributed by atoms with E-state index in [1.165, 1.54) is 10.5 Å². The van der Waals surface area contributed by atoms with Crippen LogP contribution in [0.3, 0.4) is 0 Å². The summed E-state index contributed by atoms with van der Waals surface area (Å²) >= 11 is 5.96. The van der Waals surface area contributed by atoms with Crippen molar-refractivity contribution in [3.05, 3.63) is 34.9 Å². The fourth-order valence-electron chi connectivity index (χ4n) is 4.85. The Morgan fingerprint density at radius 1 is 0.897 bits per heavy atom. The summed E-state index contributed by atoms with van der Waals surface area (Å²) in [4.78, 5) is 43.5. The first-order chi connectivity index (χ1) is 14.0. The van der Waals surface area contributed by atoms with Crippen LogP contribution in [0.15, 0.2) is 24.3 Å². The number of amides is 3. The molecule has 0 unspecified atom stereocenters. The summed E-state index contributed by atoms with van der Waals surface area (Å²) in [6.45, 7) is 3.71. The minimum atomic E-state index is -0.192. The molecule has 0 aromatic heterocycles. The zero-order valence-electron chi connectivity index (χ0n) is 16.7. The summed E-state index contributed by atoms with van der Waals surface area (Å²) in [6, 6.07) is 7.85. The Balaban J connectivity index is 1.32. The highest BCUT2D eigenvalue weighted by Gasteiger charge is 2.48. The van der Waals surface area contributed by atoms with Crippen molar-refractivity contribution in [3.63, 3.8) is 0 Å². The molecule has 0 N–H and O–H groups in total. The second kappa shape index (κ2) is 8.84. The molecule has 0 bridgehead atoms. The van der Waals surface area contributed by atoms with Gasteiger partial charge >= 0.3 is 0 Å². The molecule has 1 aliphatic carbocycles. The average molecular weight is 418 g/mol. The van der Waals surface area contributed by atoms with Crippen molar-refractivity contribution in [2.24, 2.45) is 11.8 Å². The van der Waals surface area contributed by atoms with E-state index in [0.29, 0.717) is 13.1 Å². The van der Waals surface area contributed by atoms with Crippen LogP contribution in [0.4, 0.5) is 0 Å². The van der Waals surface area contributed by atoms with Crippen LogP contribution >= 0.6 is 11.6 Å². The van der Waals surface area contributed by atoms with Crippen LogP contribution in [0, 0.1) is 11.8 Å². The minimum Gasteiger partial charge on any atom is -0.340 e. The van der Waals surface area contributed by atoms with Crippen molar-refractivity contribution in [2.75, 3.05) is 32.7 Å². The molecule has 3 fully saturated rings. The van der Waals surface area contributed by atoms with E-state index in [2.05, 4.69) is 4.90 Å². The van der Waals surface area contributed by atoms with E-state index in [-0.39, 0.29) is 36.1 Å². The molecule has 3 aliphatic rings. The molecule has 0 radical (unpaired) electrons. The van der Waals surface area contributed by atoms with Gasteiger partial charge in [-0.1, -0.05) is 36.6 Å². The molecule has 156 valence electrons. The van der Waals surface area contributed by atoms with E-state index in [9.17, 15) is 14.4 Å². The lowest BCUT2D eigenvalue weighted by Crippen LogP contribution is -2.44. The Hall–Kier alpha value is -1.92. The van der Waals surface area contributed by atoms with Crippen molar-refractivity contribution in [2.45, 2.75) is 38.6 Å². The number of benzene rings is 1. The number of carbonyl (C=O) groups excluding carboxylic acids is 3. The zero-order chi connectivity index (χ0) is 20.4. The molecule has 0 spiro atoms. The Labute approximate surface area is 176 Å². The van der Waals surface area contributed by atoms with Crippen molar-refractivity contribution in [1.82, 2.24) is 14.7 Å². The molecule has 1 saturated carbocycles. The first-order valence-corrected chi connectivity index (χ1v) is 11.0. The summed E-state index contributed by atoms with van der Waals surface area (Å²) in [5.41, 5.74) is 1.20. The van der Waals surface area contributed by atoms with Crippen LogP contribution in [-0.2, 0) is 20.9 Å². The smallest absolute Gasteiger partial charge is 0.242 e. The minimum absolute atomic E-state index is 0.0954. The third-order valence-corrected chi connectivity index (χ3v) is 6.74. The van der Waals surface area contributed by atoms with Gasteiger partial charge in [0.15, 0.2) is 0 Å². The maximum Gasteiger partial charge on any atom is 0.242 e. The van der Waals surface area contributed by atoms with E-state index >= 15 is 0 Å². The normalized spacial score (nSPS) is 25.8. The fraction of sp³-hybridized carbons (Fsp3) is 0.591. The van der Waals surface area contributed by atoms with Crippen LogP contribution < -0.4 is 0 Å². The summed E-state index contributed by atoms with van der Waals surface area (Å²) in [5, 5.41) is 0.729. The van der Waals surface area contributed by atoms with Crippen LogP contribution in [-0.4, -0.2) is 65.1 Å². The molecular formula is C22H28ClN3O3. The van der Waals surface area contributed by atoms with Gasteiger partial charge in [-0.25, -0.2) is 0 Å². The van der Waals surface area contributed by atoms with Crippen LogP contribution in [0.5, 0.6) is 0 Å². The van der Waals surface area contributed by atoms with Gasteiger partial charge in [0.05, 0.1) is 11.8 Å². The van der Waals surface area contributed by atoms with Crippen LogP contribution in [0.25, 0.3) is 0 Å². The number of fused-ring (bicyclic) bond motifs is 1. The fourth-order valence-corrected chi connectivity index (χ4v) is 4.97. The molecular weight excluding hydrogens is 390 g/mol. The molecule has 3 amide bonds. The van der Waals surface area contributed by atoms with Crippen molar-refractivity contribution in [1.29, 1.82) is 0 Å². The Morgan fingerprint density at radius 2 is 1.55 bits per heavy atom. The van der Waals surface area contributed by atoms with E-state index in [4.69, 9.17) is 11.6 Å². The molecule has 4 rings (SSSR count). The molecule has 2 aliphatic heterocycles. The van der Waals surface area contributed by atoms with Gasteiger partial charge < -0.3 is 4.90 Å². The highest BCUT2D eigenvalue weighted by molar-refractivity contribution is 6.30. The third kappa shape index (κ3) is 4.48. The van der Waals surface area contributed by atoms with Crippen molar-refractivity contribution < 1.29 is 14.4 Å². The second-order valence-electron chi connectivity index (χ2n) is 8.40. The third-order valence-electron chi connectivity index (χ3n) is 6.49. The lowest BCUT2D eigenvalue weighted by molar-refractivity contribution is -0.146. The molecule has 2 heterocycles. The van der Waals surface area contributed by atoms with Gasteiger partial charge in [-0.3, -0.25) is 24.2 Å². The Kier molecular flexibility index (Phi) is 6.20. The molecule has 1 aromatic carbocycles. The lowest BCUT2D eigenvalue weighted by atomic mass is 9.81. The summed E-state index contributed by atoms with van der Waals surface area (Å²) < 4.78 is 0. The van der Waals surface area contributed by atoms with Gasteiger partial charge in [-0.05, 0) is 37.0 Å². The van der Waals surface area contributed by atoms with Crippen LogP contribution in [0.1, 0.15) is 37.7 Å². The van der Waals surface area contributed by atoms with Crippen molar-refractivity contribution in [3.8, 4) is 0 Å². The number of halogens is 1. The van der Waals surface area contributed by atoms with E-state index in [0.717, 1.165) is 56.8 Å². The molecule has 6 nitrogen and oxygen atoms in total. The zero-order valence-corrected chi connectivity index (χ0v) is 17.4. The number of likely N-dealkylation sites (tertiary alicyclic amines) is 1. The molecule has 2 saturated heterocycles. The molecule has 1 aromatic rings. The van der Waals surface area contributed by atoms with Gasteiger partial charge in [-0.2, -0.15) is 0 Å². The van der Waals surface area contributed by atoms with E-state index in [1.54, 1.807) is 0 Å². The number of nitrogens with zero attached hydrogens (tertiary/aromatic N) is 3. The first kappa shape index (κ1) is 20.4. The van der Waals surface area contributed by atoms with Gasteiger partial charge in [0.2, 0.25) is 17.7 Å². The van der Waals surface area contributed by atoms with E-state index in [1.807, 2.05) is 29.2 Å². The number of hydrogen-bond acceptors (Lipinski definition) is 4. The van der Waals surface area contributed by atoms with Crippen LogP contribution in [0.2, 0.25) is 5.02 Å². The van der Waals surface area contributed by atoms with Gasteiger partial charge in [0, 0.05) is 37.7 Å². The van der Waals surface area contributed by atoms with Crippen molar-refractivity contribution >= 4 is 29.3 Å². The second-order valence-corrected chi connectivity index (χ2v) is 8.83. The number of imide groups is 1. The Morgan fingerprint density at radius 3 is 2.21 bits per heavy atom. The summed E-state index contributed by atoms with van der Waals surface area (Å²) in [5.74, 6) is -0.760. The maximum atomic E-state index is 12.9. The van der Waals surface area contributed by atoms with E-state index < -0.39 is 0 Å². The monoisotopic (exact) mass is 417 g/mol. The predicted molar refractivity (Wildman–Crippen MR) is 110 cm³/mol. The summed E-state index contributed by atoms with van der Waals surface area (Å²) in [7, 11) is 0. The highest BCUT2D eigenvalue weighted by Crippen LogP contribution is 2.37. The topological polar surface area (TPSA) is 60.9 Å². The summed E-state index contributed by atoms with van der Waals surface area (Å²) in [6.07, 6.45) is 4.44. The lowest BCUT2D eigenvalue weighted by Gasteiger charge is -2.24. The highest BCUT2D eigenvalue weighted by atomic mass is 35.5. The van der Waals surface area contributed by atoms with Gasteiger partial charge in [0.1, 0.15) is 6.54 Å². The number of hydrogen-bond donors (Lipinski definition) is 0. The largest absolute Gasteiger partial charge is 0.340 e. The quantitative estimate of drug-likeness (QED) is 0.706. The Bertz CT molecular complexity index is 758. The maximum absolute atomic E-state index is 12.9. The first-order valence-electron chi connectivity index (χ1n) is 10.6. The molecule has 29 heavy (non-hydrogen) atoms. The average Bonchev–Trinajstić information content (AvgIpc) is 2.89. The van der Waals surface area contributed by atoms with Gasteiger partial charge in [0.25, 0.3) is 0 Å². The number of carbonyl (C=O) groups is 3. The molecule has 7 heteroatoms. The molecule has 2 atom stereocenters. The SMILES string of the molecule is O=C(CN1C(=O)[C@H]2CCCC[C@@H]2C1=O)N1CCCN(Cc2ccc(Cl)cc2)CC1. The van der Waals surface area contributed by atoms with Gasteiger partial charge in [-0.15, -0.1) is 0 Å². The standard InChI is InChI=1S/C22H28ClN3O3/c23-17-8-6-16(7-9-17)14-24-10-3-11-25(13-12-24)20(27)15-26-21(28)18-4-1-2-5-19(18)22(26)29/h6-9,18-19H,1-5,10-15H2/t18-,19-/m0/s1.